The number of furan rings is 1. The fourth-order valence-corrected chi connectivity index (χ4v) is 2.81. The van der Waals surface area contributed by atoms with Crippen molar-refractivity contribution in [1.29, 1.82) is 0 Å². The summed E-state index contributed by atoms with van der Waals surface area (Å²) in [5.74, 6) is -0.318. The van der Waals surface area contributed by atoms with Crippen molar-refractivity contribution in [2.45, 2.75) is 0 Å². The molecule has 152 valence electrons. The highest BCUT2D eigenvalue weighted by molar-refractivity contribution is 5.96. The Bertz CT molecular complexity index is 1220. The number of fused-ring (bicyclic) bond motifs is 1. The first kappa shape index (κ1) is 19.8. The van der Waals surface area contributed by atoms with Crippen molar-refractivity contribution >= 4 is 35.1 Å². The summed E-state index contributed by atoms with van der Waals surface area (Å²) < 4.78 is 10.8. The van der Waals surface area contributed by atoms with Gasteiger partial charge in [0.1, 0.15) is 11.3 Å². The van der Waals surface area contributed by atoms with Crippen LogP contribution < -0.4 is 10.2 Å². The molecule has 0 spiro atoms. The Morgan fingerprint density at radius 1 is 0.871 bits per heavy atom. The maximum atomic E-state index is 12.2. The van der Waals surface area contributed by atoms with Gasteiger partial charge in [-0.05, 0) is 53.6 Å². The minimum Gasteiger partial charge on any atom is -0.451 e. The number of hydrazone groups is 1. The molecule has 0 aliphatic heterocycles. The molecule has 0 saturated carbocycles. The van der Waals surface area contributed by atoms with Crippen LogP contribution in [0.2, 0.25) is 0 Å². The van der Waals surface area contributed by atoms with Gasteiger partial charge in [-0.15, -0.1) is 0 Å². The lowest BCUT2D eigenvalue weighted by Gasteiger charge is -2.01. The molecule has 0 unspecified atom stereocenters. The molecule has 3 aromatic carbocycles. The molecule has 0 aliphatic rings. The molecule has 0 atom stereocenters. The summed E-state index contributed by atoms with van der Waals surface area (Å²) >= 11 is 0. The third kappa shape index (κ3) is 5.33. The van der Waals surface area contributed by atoms with E-state index in [-0.39, 0.29) is 5.76 Å². The number of ether oxygens (including phenoxy) is 1. The van der Waals surface area contributed by atoms with Crippen molar-refractivity contribution < 1.29 is 18.7 Å². The largest absolute Gasteiger partial charge is 0.451 e. The number of nitrogens with zero attached hydrogens (tertiary/aromatic N) is 1. The van der Waals surface area contributed by atoms with Crippen molar-refractivity contribution in [2.24, 2.45) is 5.10 Å². The fourth-order valence-electron chi connectivity index (χ4n) is 2.81. The molecule has 4 rings (SSSR count). The van der Waals surface area contributed by atoms with E-state index in [4.69, 9.17) is 9.15 Å². The maximum Gasteiger partial charge on any atom is 0.336 e. The topological polar surface area (TPSA) is 80.9 Å². The summed E-state index contributed by atoms with van der Waals surface area (Å²) in [5, 5.41) is 4.79. The van der Waals surface area contributed by atoms with Gasteiger partial charge >= 0.3 is 11.9 Å². The zero-order valence-electron chi connectivity index (χ0n) is 16.4. The number of hydrogen-bond donors (Lipinski definition) is 1. The van der Waals surface area contributed by atoms with Gasteiger partial charge in [0, 0.05) is 11.5 Å². The second-order valence-electron chi connectivity index (χ2n) is 6.58. The first-order valence-corrected chi connectivity index (χ1v) is 9.54. The Balaban J connectivity index is 1.30. The Labute approximate surface area is 178 Å². The van der Waals surface area contributed by atoms with E-state index < -0.39 is 11.9 Å². The molecular weight excluding hydrogens is 392 g/mol. The summed E-state index contributed by atoms with van der Waals surface area (Å²) in [7, 11) is 0. The van der Waals surface area contributed by atoms with Gasteiger partial charge in [0.2, 0.25) is 0 Å². The summed E-state index contributed by atoms with van der Waals surface area (Å²) in [6, 6.07) is 25.3. The van der Waals surface area contributed by atoms with Crippen LogP contribution in [0.25, 0.3) is 17.0 Å². The lowest BCUT2D eigenvalue weighted by Crippen LogP contribution is -2.16. The molecular formula is C25H18N2O4. The standard InChI is InChI=1S/C25H18N2O4/c28-24(15-12-18-6-2-1-3-7-18)30-21-13-10-19(11-14-21)17-26-27-25(29)23-16-20-8-4-5-9-22(20)31-23/h1-17H,(H,27,29)/b15-12+,26-17+. The van der Waals surface area contributed by atoms with Gasteiger partial charge in [-0.1, -0.05) is 48.5 Å². The Morgan fingerprint density at radius 2 is 1.61 bits per heavy atom. The second kappa shape index (κ2) is 9.37. The predicted molar refractivity (Wildman–Crippen MR) is 119 cm³/mol. The molecule has 0 radical (unpaired) electrons. The van der Waals surface area contributed by atoms with Gasteiger partial charge in [0.15, 0.2) is 5.76 Å². The van der Waals surface area contributed by atoms with Crippen LogP contribution >= 0.6 is 0 Å². The van der Waals surface area contributed by atoms with Crippen LogP contribution in [-0.4, -0.2) is 18.1 Å². The minimum absolute atomic E-state index is 0.184. The third-order valence-electron chi connectivity index (χ3n) is 4.34. The average molecular weight is 410 g/mol. The first-order chi connectivity index (χ1) is 15.2. The van der Waals surface area contributed by atoms with E-state index in [9.17, 15) is 9.59 Å². The monoisotopic (exact) mass is 410 g/mol. The molecule has 6 heteroatoms. The molecule has 6 nitrogen and oxygen atoms in total. The molecule has 4 aromatic rings. The van der Waals surface area contributed by atoms with E-state index >= 15 is 0 Å². The van der Waals surface area contributed by atoms with Crippen LogP contribution in [0.15, 0.2) is 101 Å². The van der Waals surface area contributed by atoms with E-state index in [1.165, 1.54) is 12.3 Å². The number of rotatable bonds is 6. The number of carbonyl (C=O) groups is 2. The van der Waals surface area contributed by atoms with Gasteiger partial charge in [0.05, 0.1) is 6.21 Å². The zero-order valence-corrected chi connectivity index (χ0v) is 16.4. The Kier molecular flexibility index (Phi) is 6.00. The quantitative estimate of drug-likeness (QED) is 0.163. The maximum absolute atomic E-state index is 12.2. The Morgan fingerprint density at radius 3 is 2.39 bits per heavy atom. The van der Waals surface area contributed by atoms with Crippen molar-refractivity contribution in [2.75, 3.05) is 0 Å². The average Bonchev–Trinajstić information content (AvgIpc) is 3.24. The van der Waals surface area contributed by atoms with Crippen molar-refractivity contribution in [1.82, 2.24) is 5.43 Å². The number of amides is 1. The third-order valence-corrected chi connectivity index (χ3v) is 4.34. The fraction of sp³-hybridized carbons (Fsp3) is 0. The second-order valence-corrected chi connectivity index (χ2v) is 6.58. The normalized spacial score (nSPS) is 11.2. The number of hydrogen-bond acceptors (Lipinski definition) is 5. The lowest BCUT2D eigenvalue weighted by molar-refractivity contribution is -0.128. The van der Waals surface area contributed by atoms with Gasteiger partial charge in [-0.2, -0.15) is 5.10 Å². The van der Waals surface area contributed by atoms with E-state index in [0.29, 0.717) is 11.3 Å². The van der Waals surface area contributed by atoms with E-state index in [2.05, 4.69) is 10.5 Å². The number of nitrogens with one attached hydrogen (secondary N) is 1. The van der Waals surface area contributed by atoms with Crippen LogP contribution in [0, 0.1) is 0 Å². The predicted octanol–water partition coefficient (Wildman–Crippen LogP) is 4.82. The molecule has 1 amide bonds. The molecule has 0 aliphatic carbocycles. The van der Waals surface area contributed by atoms with E-state index in [0.717, 1.165) is 16.5 Å². The number of para-hydroxylation sites is 1. The van der Waals surface area contributed by atoms with E-state index in [1.54, 1.807) is 42.5 Å². The van der Waals surface area contributed by atoms with E-state index in [1.807, 2.05) is 48.5 Å². The zero-order chi connectivity index (χ0) is 21.5. The van der Waals surface area contributed by atoms with Crippen molar-refractivity contribution in [3.8, 4) is 5.75 Å². The Hall–Kier alpha value is -4.45. The number of benzene rings is 3. The van der Waals surface area contributed by atoms with Crippen LogP contribution in [0.4, 0.5) is 0 Å². The number of carbonyl (C=O) groups excluding carboxylic acids is 2. The number of esters is 1. The SMILES string of the molecule is O=C(/C=C/c1ccccc1)Oc1ccc(/C=N/NC(=O)c2cc3ccccc3o2)cc1. The van der Waals surface area contributed by atoms with Gasteiger partial charge < -0.3 is 9.15 Å². The highest BCUT2D eigenvalue weighted by Crippen LogP contribution is 2.18. The molecule has 0 bridgehead atoms. The summed E-state index contributed by atoms with van der Waals surface area (Å²) in [5.41, 5.74) is 4.71. The molecule has 0 saturated heterocycles. The van der Waals surface area contributed by atoms with Crippen molar-refractivity contribution in [3.05, 3.63) is 108 Å². The highest BCUT2D eigenvalue weighted by Gasteiger charge is 2.10. The summed E-state index contributed by atoms with van der Waals surface area (Å²) in [6.45, 7) is 0. The van der Waals surface area contributed by atoms with Crippen LogP contribution in [0.5, 0.6) is 5.75 Å². The molecule has 1 aromatic heterocycles. The molecule has 1 heterocycles. The summed E-state index contributed by atoms with van der Waals surface area (Å²) in [6.07, 6.45) is 4.55. The van der Waals surface area contributed by atoms with Crippen LogP contribution in [0.1, 0.15) is 21.7 Å². The van der Waals surface area contributed by atoms with Gasteiger partial charge in [-0.3, -0.25) is 4.79 Å². The smallest absolute Gasteiger partial charge is 0.336 e. The highest BCUT2D eigenvalue weighted by atomic mass is 16.5. The van der Waals surface area contributed by atoms with Crippen LogP contribution in [-0.2, 0) is 4.79 Å². The summed E-state index contributed by atoms with van der Waals surface area (Å²) in [4.78, 5) is 24.1. The molecule has 1 N–H and O–H groups in total. The van der Waals surface area contributed by atoms with Gasteiger partial charge in [0.25, 0.3) is 0 Å². The van der Waals surface area contributed by atoms with Gasteiger partial charge in [-0.25, -0.2) is 10.2 Å². The minimum atomic E-state index is -0.469. The van der Waals surface area contributed by atoms with Crippen LogP contribution in [0.3, 0.4) is 0 Å². The van der Waals surface area contributed by atoms with Crippen molar-refractivity contribution in [3.63, 3.8) is 0 Å². The lowest BCUT2D eigenvalue weighted by atomic mass is 10.2. The molecule has 0 fully saturated rings. The first-order valence-electron chi connectivity index (χ1n) is 9.54. The molecule has 31 heavy (non-hydrogen) atoms.